The van der Waals surface area contributed by atoms with Crippen molar-refractivity contribution in [3.63, 3.8) is 0 Å². The molecule has 7 heteroatoms. The lowest BCUT2D eigenvalue weighted by Gasteiger charge is -2.21. The van der Waals surface area contributed by atoms with Gasteiger partial charge < -0.3 is 4.90 Å². The fourth-order valence-corrected chi connectivity index (χ4v) is 3.45. The van der Waals surface area contributed by atoms with E-state index in [1.54, 1.807) is 4.90 Å². The molecule has 5 nitrogen and oxygen atoms in total. The van der Waals surface area contributed by atoms with E-state index in [2.05, 4.69) is 13.8 Å². The van der Waals surface area contributed by atoms with Gasteiger partial charge in [0.1, 0.15) is 4.21 Å². The van der Waals surface area contributed by atoms with Gasteiger partial charge in [0.25, 0.3) is 5.91 Å². The van der Waals surface area contributed by atoms with Gasteiger partial charge in [-0.2, -0.15) is 0 Å². The number of sulfonamides is 1. The Morgan fingerprint density at radius 3 is 2.15 bits per heavy atom. The Morgan fingerprint density at radius 1 is 1.20 bits per heavy atom. The monoisotopic (exact) mass is 318 g/mol. The van der Waals surface area contributed by atoms with Crippen molar-refractivity contribution in [2.45, 2.75) is 43.7 Å². The molecule has 0 saturated heterocycles. The Morgan fingerprint density at radius 2 is 1.75 bits per heavy atom. The van der Waals surface area contributed by atoms with E-state index in [1.807, 2.05) is 0 Å². The fraction of sp³-hybridized carbons (Fsp3) is 0.615. The van der Waals surface area contributed by atoms with E-state index in [0.29, 0.717) is 18.0 Å². The minimum atomic E-state index is -3.73. The van der Waals surface area contributed by atoms with E-state index in [-0.39, 0.29) is 10.1 Å². The number of rotatable bonds is 8. The van der Waals surface area contributed by atoms with Gasteiger partial charge in [0.05, 0.1) is 4.88 Å². The first-order chi connectivity index (χ1) is 9.40. The molecule has 20 heavy (non-hydrogen) atoms. The van der Waals surface area contributed by atoms with Gasteiger partial charge in [-0.05, 0) is 25.0 Å². The zero-order valence-corrected chi connectivity index (χ0v) is 13.6. The Bertz CT molecular complexity index is 530. The summed E-state index contributed by atoms with van der Waals surface area (Å²) in [5, 5.41) is 5.06. The highest BCUT2D eigenvalue weighted by molar-refractivity contribution is 7.91. The van der Waals surface area contributed by atoms with Gasteiger partial charge >= 0.3 is 0 Å². The van der Waals surface area contributed by atoms with Gasteiger partial charge in [-0.15, -0.1) is 11.3 Å². The zero-order valence-electron chi connectivity index (χ0n) is 12.0. The summed E-state index contributed by atoms with van der Waals surface area (Å²) in [6.07, 6.45) is 3.93. The van der Waals surface area contributed by atoms with Crippen LogP contribution in [0.25, 0.3) is 0 Å². The standard InChI is InChI=1S/C13H22N2O3S2/c1-3-5-9-15(10-6-4-2)13(16)11-7-8-12(19-11)20(14,17)18/h7-8H,3-6,9-10H2,1-2H3,(H2,14,17,18). The average Bonchev–Trinajstić information content (AvgIpc) is 2.87. The van der Waals surface area contributed by atoms with Crippen molar-refractivity contribution < 1.29 is 13.2 Å². The van der Waals surface area contributed by atoms with Crippen molar-refractivity contribution in [2.24, 2.45) is 5.14 Å². The molecule has 0 fully saturated rings. The second kappa shape index (κ2) is 7.75. The minimum Gasteiger partial charge on any atom is -0.338 e. The zero-order chi connectivity index (χ0) is 15.2. The molecule has 1 aromatic heterocycles. The number of carbonyl (C=O) groups excluding carboxylic acids is 1. The summed E-state index contributed by atoms with van der Waals surface area (Å²) >= 11 is 0.939. The highest BCUT2D eigenvalue weighted by Crippen LogP contribution is 2.22. The molecule has 1 rings (SSSR count). The van der Waals surface area contributed by atoms with E-state index in [4.69, 9.17) is 5.14 Å². The number of primary sulfonamides is 1. The Labute approximate surface area is 124 Å². The number of carbonyl (C=O) groups is 1. The predicted octanol–water partition coefficient (Wildman–Crippen LogP) is 2.44. The van der Waals surface area contributed by atoms with Crippen molar-refractivity contribution in [1.29, 1.82) is 0 Å². The van der Waals surface area contributed by atoms with E-state index in [1.165, 1.54) is 12.1 Å². The van der Waals surface area contributed by atoms with Gasteiger partial charge in [-0.25, -0.2) is 13.6 Å². The number of nitrogens with two attached hydrogens (primary N) is 1. The molecule has 0 aliphatic rings. The maximum Gasteiger partial charge on any atom is 0.263 e. The molecule has 0 unspecified atom stereocenters. The number of hydrogen-bond donors (Lipinski definition) is 1. The molecule has 114 valence electrons. The molecule has 0 atom stereocenters. The van der Waals surface area contributed by atoms with Crippen LogP contribution >= 0.6 is 11.3 Å². The smallest absolute Gasteiger partial charge is 0.263 e. The van der Waals surface area contributed by atoms with Crippen LogP contribution in [0.5, 0.6) is 0 Å². The summed E-state index contributed by atoms with van der Waals surface area (Å²) in [6, 6.07) is 2.93. The summed E-state index contributed by atoms with van der Waals surface area (Å²) in [7, 11) is -3.73. The molecule has 0 radical (unpaired) electrons. The summed E-state index contributed by atoms with van der Waals surface area (Å²) in [4.78, 5) is 14.6. The molecule has 0 bridgehead atoms. The molecular formula is C13H22N2O3S2. The van der Waals surface area contributed by atoms with Crippen LogP contribution in [0.4, 0.5) is 0 Å². The molecule has 0 spiro atoms. The summed E-state index contributed by atoms with van der Waals surface area (Å²) in [5.41, 5.74) is 0. The van der Waals surface area contributed by atoms with E-state index in [9.17, 15) is 13.2 Å². The van der Waals surface area contributed by atoms with Crippen molar-refractivity contribution in [3.05, 3.63) is 17.0 Å². The molecule has 0 aliphatic heterocycles. The molecule has 0 aliphatic carbocycles. The Kier molecular flexibility index (Phi) is 6.64. The van der Waals surface area contributed by atoms with Crippen LogP contribution in [0.15, 0.2) is 16.3 Å². The topological polar surface area (TPSA) is 80.5 Å². The predicted molar refractivity (Wildman–Crippen MR) is 81.4 cm³/mol. The van der Waals surface area contributed by atoms with Gasteiger partial charge in [0.15, 0.2) is 0 Å². The normalized spacial score (nSPS) is 11.6. The van der Waals surface area contributed by atoms with Gasteiger partial charge in [0, 0.05) is 13.1 Å². The van der Waals surface area contributed by atoms with Crippen LogP contribution in [0.2, 0.25) is 0 Å². The van der Waals surface area contributed by atoms with Gasteiger partial charge in [-0.3, -0.25) is 4.79 Å². The highest BCUT2D eigenvalue weighted by atomic mass is 32.2. The Hall–Kier alpha value is -0.920. The third-order valence-electron chi connectivity index (χ3n) is 2.92. The number of unbranched alkanes of at least 4 members (excludes halogenated alkanes) is 2. The van der Waals surface area contributed by atoms with Crippen LogP contribution in [0, 0.1) is 0 Å². The van der Waals surface area contributed by atoms with Crippen molar-refractivity contribution in [3.8, 4) is 0 Å². The largest absolute Gasteiger partial charge is 0.338 e. The van der Waals surface area contributed by atoms with E-state index in [0.717, 1.165) is 37.0 Å². The Balaban J connectivity index is 2.85. The minimum absolute atomic E-state index is 0.0341. The summed E-state index contributed by atoms with van der Waals surface area (Å²) in [5.74, 6) is -0.105. The van der Waals surface area contributed by atoms with Gasteiger partial charge in [-0.1, -0.05) is 26.7 Å². The first-order valence-corrected chi connectivity index (χ1v) is 9.18. The second-order valence-corrected chi connectivity index (χ2v) is 7.54. The lowest BCUT2D eigenvalue weighted by Crippen LogP contribution is -2.32. The molecule has 0 aromatic carbocycles. The third kappa shape index (κ3) is 4.88. The van der Waals surface area contributed by atoms with Crippen LogP contribution in [0.1, 0.15) is 49.2 Å². The first-order valence-electron chi connectivity index (χ1n) is 6.82. The SMILES string of the molecule is CCCCN(CCCC)C(=O)c1ccc(S(N)(=O)=O)s1. The summed E-state index contributed by atoms with van der Waals surface area (Å²) in [6.45, 7) is 5.56. The molecule has 2 N–H and O–H groups in total. The lowest BCUT2D eigenvalue weighted by molar-refractivity contribution is 0.0756. The average molecular weight is 318 g/mol. The van der Waals surface area contributed by atoms with Crippen LogP contribution in [-0.4, -0.2) is 32.3 Å². The molecule has 0 saturated carbocycles. The maximum atomic E-state index is 12.4. The number of hydrogen-bond acceptors (Lipinski definition) is 4. The first kappa shape index (κ1) is 17.1. The van der Waals surface area contributed by atoms with Crippen molar-refractivity contribution in [2.75, 3.05) is 13.1 Å². The molecule has 1 amide bonds. The number of thiophene rings is 1. The number of amides is 1. The van der Waals surface area contributed by atoms with Gasteiger partial charge in [0.2, 0.25) is 10.0 Å². The van der Waals surface area contributed by atoms with Crippen LogP contribution in [0.3, 0.4) is 0 Å². The maximum absolute atomic E-state index is 12.4. The number of nitrogens with zero attached hydrogens (tertiary/aromatic N) is 1. The van der Waals surface area contributed by atoms with Crippen molar-refractivity contribution >= 4 is 27.3 Å². The molecular weight excluding hydrogens is 296 g/mol. The molecule has 1 heterocycles. The van der Waals surface area contributed by atoms with Crippen molar-refractivity contribution in [1.82, 2.24) is 4.90 Å². The summed E-state index contributed by atoms with van der Waals surface area (Å²) < 4.78 is 22.5. The quantitative estimate of drug-likeness (QED) is 0.799. The van der Waals surface area contributed by atoms with Crippen LogP contribution < -0.4 is 5.14 Å². The fourth-order valence-electron chi connectivity index (χ4n) is 1.76. The molecule has 1 aromatic rings. The van der Waals surface area contributed by atoms with Crippen LogP contribution in [-0.2, 0) is 10.0 Å². The second-order valence-electron chi connectivity index (χ2n) is 4.66. The third-order valence-corrected chi connectivity index (χ3v) is 5.43. The van der Waals surface area contributed by atoms with E-state index >= 15 is 0 Å². The lowest BCUT2D eigenvalue weighted by atomic mass is 10.2. The highest BCUT2D eigenvalue weighted by Gasteiger charge is 2.19. The van der Waals surface area contributed by atoms with E-state index < -0.39 is 10.0 Å².